The number of rotatable bonds is 4. The van der Waals surface area contributed by atoms with Crippen LogP contribution in [0.15, 0.2) is 0 Å². The Morgan fingerprint density at radius 1 is 1.33 bits per heavy atom. The Morgan fingerprint density at radius 2 is 1.94 bits per heavy atom. The topological polar surface area (TPSA) is 52.5 Å². The van der Waals surface area contributed by atoms with E-state index in [-0.39, 0.29) is 23.0 Å². The van der Waals surface area contributed by atoms with Crippen molar-refractivity contribution in [3.05, 3.63) is 0 Å². The lowest BCUT2D eigenvalue weighted by atomic mass is 9.69. The summed E-state index contributed by atoms with van der Waals surface area (Å²) in [5.74, 6) is 0.395. The summed E-state index contributed by atoms with van der Waals surface area (Å²) in [6, 6.07) is 0.115. The van der Waals surface area contributed by atoms with Crippen molar-refractivity contribution < 1.29 is 10.2 Å². The van der Waals surface area contributed by atoms with Gasteiger partial charge in [0.25, 0.3) is 0 Å². The number of hydrogen-bond donors (Lipinski definition) is 3. The van der Waals surface area contributed by atoms with Gasteiger partial charge >= 0.3 is 0 Å². The van der Waals surface area contributed by atoms with Gasteiger partial charge in [-0.15, -0.1) is 0 Å². The molecule has 0 aromatic carbocycles. The van der Waals surface area contributed by atoms with E-state index in [0.29, 0.717) is 12.5 Å². The zero-order valence-corrected chi connectivity index (χ0v) is 12.5. The summed E-state index contributed by atoms with van der Waals surface area (Å²) in [4.78, 5) is 0. The standard InChI is InChI=1S/C15H29NO2/c1-6-14(4,18)9-16-12-11(17)10-7-8-15(12,5)13(10,2)3/h10-12,16-18H,6-9H2,1-5H3/t10-,11+,12+,14-,15-/m0/s1. The molecule has 5 atom stereocenters. The van der Waals surface area contributed by atoms with Crippen LogP contribution in [0.5, 0.6) is 0 Å². The largest absolute Gasteiger partial charge is 0.391 e. The van der Waals surface area contributed by atoms with Gasteiger partial charge in [-0.25, -0.2) is 0 Å². The highest BCUT2D eigenvalue weighted by molar-refractivity contribution is 5.17. The molecule has 0 amide bonds. The van der Waals surface area contributed by atoms with Gasteiger partial charge in [0.1, 0.15) is 0 Å². The first kappa shape index (κ1) is 14.3. The van der Waals surface area contributed by atoms with E-state index in [1.807, 2.05) is 13.8 Å². The van der Waals surface area contributed by atoms with Crippen LogP contribution in [-0.2, 0) is 0 Å². The number of nitrogens with one attached hydrogen (secondary N) is 1. The van der Waals surface area contributed by atoms with Gasteiger partial charge in [-0.1, -0.05) is 27.7 Å². The highest BCUT2D eigenvalue weighted by Gasteiger charge is 2.65. The monoisotopic (exact) mass is 255 g/mol. The SMILES string of the molecule is CC[C@](C)(O)CN[C@@H]1[C@H](O)[C@@H]2CC[C@]1(C)C2(C)C. The quantitative estimate of drug-likeness (QED) is 0.719. The second-order valence-corrected chi connectivity index (χ2v) is 7.48. The number of fused-ring (bicyclic) bond motifs is 2. The second-order valence-electron chi connectivity index (χ2n) is 7.48. The Balaban J connectivity index is 2.11. The predicted molar refractivity (Wildman–Crippen MR) is 73.3 cm³/mol. The number of aliphatic hydroxyl groups excluding tert-OH is 1. The molecule has 3 N–H and O–H groups in total. The first-order valence-corrected chi connectivity index (χ1v) is 7.29. The minimum Gasteiger partial charge on any atom is -0.391 e. The van der Waals surface area contributed by atoms with Crippen LogP contribution in [0.3, 0.4) is 0 Å². The first-order chi connectivity index (χ1) is 8.16. The molecule has 0 heterocycles. The molecule has 2 aliphatic carbocycles. The van der Waals surface area contributed by atoms with Crippen LogP contribution in [-0.4, -0.2) is 34.5 Å². The van der Waals surface area contributed by atoms with Crippen LogP contribution in [0.2, 0.25) is 0 Å². The average Bonchev–Trinajstić information content (AvgIpc) is 2.57. The van der Waals surface area contributed by atoms with Crippen molar-refractivity contribution in [2.75, 3.05) is 6.54 Å². The van der Waals surface area contributed by atoms with Crippen LogP contribution in [0, 0.1) is 16.7 Å². The second kappa shape index (κ2) is 4.19. The maximum atomic E-state index is 10.5. The molecule has 0 spiro atoms. The molecule has 0 aliphatic heterocycles. The summed E-state index contributed by atoms with van der Waals surface area (Å²) < 4.78 is 0. The normalized spacial score (nSPS) is 45.2. The molecular weight excluding hydrogens is 226 g/mol. The summed E-state index contributed by atoms with van der Waals surface area (Å²) in [5.41, 5.74) is -0.356. The van der Waals surface area contributed by atoms with Gasteiger partial charge in [-0.05, 0) is 42.9 Å². The van der Waals surface area contributed by atoms with Crippen LogP contribution in [0.1, 0.15) is 53.9 Å². The van der Waals surface area contributed by atoms with Crippen molar-refractivity contribution in [1.29, 1.82) is 0 Å². The van der Waals surface area contributed by atoms with E-state index in [0.717, 1.165) is 12.8 Å². The minimum absolute atomic E-state index is 0.115. The maximum absolute atomic E-state index is 10.5. The van der Waals surface area contributed by atoms with Crippen molar-refractivity contribution >= 4 is 0 Å². The minimum atomic E-state index is -0.679. The molecule has 106 valence electrons. The highest BCUT2D eigenvalue weighted by Crippen LogP contribution is 2.65. The van der Waals surface area contributed by atoms with Crippen molar-refractivity contribution in [3.63, 3.8) is 0 Å². The van der Waals surface area contributed by atoms with Gasteiger partial charge in [0.15, 0.2) is 0 Å². The molecule has 2 saturated carbocycles. The lowest BCUT2D eigenvalue weighted by Gasteiger charge is -2.41. The summed E-state index contributed by atoms with van der Waals surface area (Å²) in [5, 5.41) is 24.1. The first-order valence-electron chi connectivity index (χ1n) is 7.29. The van der Waals surface area contributed by atoms with Crippen molar-refractivity contribution in [2.45, 2.75) is 71.6 Å². The predicted octanol–water partition coefficient (Wildman–Crippen LogP) is 1.92. The van der Waals surface area contributed by atoms with Crippen LogP contribution >= 0.6 is 0 Å². The smallest absolute Gasteiger partial charge is 0.0741 e. The Kier molecular flexibility index (Phi) is 3.33. The summed E-state index contributed by atoms with van der Waals surface area (Å²) in [6.45, 7) is 11.3. The third-order valence-electron chi connectivity index (χ3n) is 6.28. The van der Waals surface area contributed by atoms with E-state index >= 15 is 0 Å². The Morgan fingerprint density at radius 3 is 2.39 bits per heavy atom. The third kappa shape index (κ3) is 1.83. The molecule has 3 nitrogen and oxygen atoms in total. The lowest BCUT2D eigenvalue weighted by Crippen LogP contribution is -2.53. The molecule has 0 radical (unpaired) electrons. The molecule has 0 saturated heterocycles. The summed E-state index contributed by atoms with van der Waals surface area (Å²) in [7, 11) is 0. The summed E-state index contributed by atoms with van der Waals surface area (Å²) >= 11 is 0. The third-order valence-corrected chi connectivity index (χ3v) is 6.28. The van der Waals surface area contributed by atoms with E-state index in [2.05, 4.69) is 26.1 Å². The van der Waals surface area contributed by atoms with E-state index < -0.39 is 5.60 Å². The van der Waals surface area contributed by atoms with Crippen molar-refractivity contribution in [1.82, 2.24) is 5.32 Å². The average molecular weight is 255 g/mol. The van der Waals surface area contributed by atoms with Gasteiger partial charge < -0.3 is 15.5 Å². The fourth-order valence-corrected chi connectivity index (χ4v) is 4.13. The van der Waals surface area contributed by atoms with Crippen LogP contribution in [0.4, 0.5) is 0 Å². The van der Waals surface area contributed by atoms with Gasteiger partial charge in [0.05, 0.1) is 11.7 Å². The Bertz CT molecular complexity index is 326. The molecule has 0 aromatic rings. The Hall–Kier alpha value is -0.120. The van der Waals surface area contributed by atoms with E-state index in [4.69, 9.17) is 0 Å². The molecule has 2 bridgehead atoms. The molecule has 2 aliphatic rings. The van der Waals surface area contributed by atoms with Crippen LogP contribution in [0.25, 0.3) is 0 Å². The van der Waals surface area contributed by atoms with E-state index in [9.17, 15) is 10.2 Å². The lowest BCUT2D eigenvalue weighted by molar-refractivity contribution is 0.0191. The zero-order chi connectivity index (χ0) is 13.8. The van der Waals surface area contributed by atoms with Gasteiger partial charge in [0, 0.05) is 12.6 Å². The van der Waals surface area contributed by atoms with Gasteiger partial charge in [-0.2, -0.15) is 0 Å². The maximum Gasteiger partial charge on any atom is 0.0741 e. The fraction of sp³-hybridized carbons (Fsp3) is 1.00. The molecule has 0 unspecified atom stereocenters. The number of aliphatic hydroxyl groups is 2. The van der Waals surface area contributed by atoms with Crippen molar-refractivity contribution in [3.8, 4) is 0 Å². The van der Waals surface area contributed by atoms with Crippen molar-refractivity contribution in [2.24, 2.45) is 16.7 Å². The zero-order valence-electron chi connectivity index (χ0n) is 12.5. The molecule has 2 fully saturated rings. The molecule has 0 aromatic heterocycles. The van der Waals surface area contributed by atoms with Crippen LogP contribution < -0.4 is 5.32 Å². The Labute approximate surface area is 111 Å². The fourth-order valence-electron chi connectivity index (χ4n) is 4.13. The molecule has 3 heteroatoms. The van der Waals surface area contributed by atoms with E-state index in [1.165, 1.54) is 6.42 Å². The molecule has 2 rings (SSSR count). The highest BCUT2D eigenvalue weighted by atomic mass is 16.3. The number of hydrogen-bond acceptors (Lipinski definition) is 3. The molecular formula is C15H29NO2. The van der Waals surface area contributed by atoms with E-state index in [1.54, 1.807) is 0 Å². The van der Waals surface area contributed by atoms with Gasteiger partial charge in [-0.3, -0.25) is 0 Å². The van der Waals surface area contributed by atoms with Gasteiger partial charge in [0.2, 0.25) is 0 Å². The molecule has 18 heavy (non-hydrogen) atoms. The summed E-state index contributed by atoms with van der Waals surface area (Å²) in [6.07, 6.45) is 2.76.